The van der Waals surface area contributed by atoms with Gasteiger partial charge < -0.3 is 10.0 Å². The molecule has 126 valence electrons. The molecule has 1 heterocycles. The fourth-order valence-electron chi connectivity index (χ4n) is 3.22. The molecule has 0 radical (unpaired) electrons. The largest absolute Gasteiger partial charge is 0.390 e. The highest BCUT2D eigenvalue weighted by molar-refractivity contribution is 5.95. The van der Waals surface area contributed by atoms with Gasteiger partial charge in [-0.15, -0.1) is 0 Å². The molecule has 1 aliphatic rings. The van der Waals surface area contributed by atoms with Crippen molar-refractivity contribution < 1.29 is 14.3 Å². The molecule has 1 saturated heterocycles. The number of carbonyl (C=O) groups is 1. The Hall–Kier alpha value is -2.20. The van der Waals surface area contributed by atoms with E-state index in [2.05, 4.69) is 0 Å². The normalized spacial score (nSPS) is 18.0. The number of benzene rings is 2. The van der Waals surface area contributed by atoms with Crippen LogP contribution < -0.4 is 0 Å². The van der Waals surface area contributed by atoms with Crippen LogP contribution in [0, 0.1) is 11.7 Å². The van der Waals surface area contributed by atoms with Crippen LogP contribution in [0.5, 0.6) is 0 Å². The number of nitrogens with zero attached hydrogens (tertiary/aromatic N) is 1. The smallest absolute Gasteiger partial charge is 0.253 e. The summed E-state index contributed by atoms with van der Waals surface area (Å²) in [7, 11) is 0. The first kappa shape index (κ1) is 16.7. The highest BCUT2D eigenvalue weighted by Crippen LogP contribution is 2.29. The van der Waals surface area contributed by atoms with Crippen molar-refractivity contribution in [1.82, 2.24) is 4.90 Å². The van der Waals surface area contributed by atoms with E-state index in [0.29, 0.717) is 29.8 Å². The Morgan fingerprint density at radius 3 is 2.62 bits per heavy atom. The Morgan fingerprint density at radius 2 is 1.96 bits per heavy atom. The molecule has 24 heavy (non-hydrogen) atoms. The molecule has 4 heteroatoms. The van der Waals surface area contributed by atoms with Gasteiger partial charge in [-0.3, -0.25) is 4.79 Å². The van der Waals surface area contributed by atoms with Gasteiger partial charge in [0.1, 0.15) is 5.82 Å². The predicted octanol–water partition coefficient (Wildman–Crippen LogP) is 3.73. The first-order valence-electron chi connectivity index (χ1n) is 8.23. The van der Waals surface area contributed by atoms with Crippen molar-refractivity contribution in [3.63, 3.8) is 0 Å². The van der Waals surface area contributed by atoms with Crippen LogP contribution in [0.1, 0.15) is 30.6 Å². The van der Waals surface area contributed by atoms with Crippen LogP contribution in [0.2, 0.25) is 0 Å². The van der Waals surface area contributed by atoms with Gasteiger partial charge in [-0.1, -0.05) is 30.3 Å². The molecule has 1 N–H and O–H groups in total. The van der Waals surface area contributed by atoms with E-state index in [1.807, 2.05) is 0 Å². The average molecular weight is 327 g/mol. The zero-order valence-electron chi connectivity index (χ0n) is 14.0. The second-order valence-electron chi connectivity index (χ2n) is 6.95. The third kappa shape index (κ3) is 3.34. The van der Waals surface area contributed by atoms with Gasteiger partial charge in [0, 0.05) is 30.1 Å². The van der Waals surface area contributed by atoms with Crippen molar-refractivity contribution in [2.75, 3.05) is 13.1 Å². The highest BCUT2D eigenvalue weighted by atomic mass is 19.1. The van der Waals surface area contributed by atoms with Crippen LogP contribution in [0.25, 0.3) is 11.1 Å². The maximum atomic E-state index is 14.0. The van der Waals surface area contributed by atoms with E-state index in [-0.39, 0.29) is 17.6 Å². The Morgan fingerprint density at radius 1 is 1.21 bits per heavy atom. The predicted molar refractivity (Wildman–Crippen MR) is 92.1 cm³/mol. The monoisotopic (exact) mass is 327 g/mol. The van der Waals surface area contributed by atoms with Crippen molar-refractivity contribution in [3.05, 3.63) is 59.9 Å². The molecule has 0 spiro atoms. The number of rotatable bonds is 3. The van der Waals surface area contributed by atoms with Crippen molar-refractivity contribution >= 4 is 5.91 Å². The zero-order valence-corrected chi connectivity index (χ0v) is 14.0. The van der Waals surface area contributed by atoms with Crippen LogP contribution in [-0.2, 0) is 0 Å². The molecule has 2 aromatic carbocycles. The Kier molecular flexibility index (Phi) is 4.41. The summed E-state index contributed by atoms with van der Waals surface area (Å²) in [4.78, 5) is 14.5. The van der Waals surface area contributed by atoms with Gasteiger partial charge in [0.25, 0.3) is 5.91 Å². The number of halogens is 1. The van der Waals surface area contributed by atoms with Crippen LogP contribution in [0.15, 0.2) is 48.5 Å². The molecule has 3 nitrogen and oxygen atoms in total. The maximum Gasteiger partial charge on any atom is 0.253 e. The molecule has 3 rings (SSSR count). The van der Waals surface area contributed by atoms with E-state index in [4.69, 9.17) is 0 Å². The quantitative estimate of drug-likeness (QED) is 0.933. The molecule has 1 aliphatic heterocycles. The number of hydrogen-bond donors (Lipinski definition) is 1. The maximum absolute atomic E-state index is 14.0. The molecule has 0 aliphatic carbocycles. The minimum absolute atomic E-state index is 0.0695. The summed E-state index contributed by atoms with van der Waals surface area (Å²) in [6, 6.07) is 13.6. The number of carbonyl (C=O) groups excluding carboxylic acids is 1. The lowest BCUT2D eigenvalue weighted by Crippen LogP contribution is -2.35. The molecular formula is C20H22FNO2. The van der Waals surface area contributed by atoms with Crippen molar-refractivity contribution in [3.8, 4) is 11.1 Å². The highest BCUT2D eigenvalue weighted by Gasteiger charge is 2.35. The summed E-state index contributed by atoms with van der Waals surface area (Å²) in [6.07, 6.45) is 0.794. The van der Waals surface area contributed by atoms with Crippen molar-refractivity contribution in [2.24, 2.45) is 5.92 Å². The molecule has 2 aromatic rings. The Bertz CT molecular complexity index is 751. The van der Waals surface area contributed by atoms with Gasteiger partial charge in [-0.25, -0.2) is 4.39 Å². The third-order valence-corrected chi connectivity index (χ3v) is 4.77. The minimum Gasteiger partial charge on any atom is -0.390 e. The van der Waals surface area contributed by atoms with E-state index in [9.17, 15) is 14.3 Å². The van der Waals surface area contributed by atoms with Crippen LogP contribution in [-0.4, -0.2) is 34.6 Å². The lowest BCUT2D eigenvalue weighted by molar-refractivity contribution is 0.0211. The van der Waals surface area contributed by atoms with Gasteiger partial charge in [0.2, 0.25) is 0 Å². The molecule has 1 unspecified atom stereocenters. The molecule has 0 aromatic heterocycles. The topological polar surface area (TPSA) is 40.5 Å². The SMILES string of the molecule is CC(C)(O)C1CCN(C(=O)c2cccc(-c3ccccc3F)c2)C1. The van der Waals surface area contributed by atoms with E-state index < -0.39 is 5.60 Å². The molecule has 1 amide bonds. The molecule has 1 fully saturated rings. The third-order valence-electron chi connectivity index (χ3n) is 4.77. The lowest BCUT2D eigenvalue weighted by Gasteiger charge is -2.25. The van der Waals surface area contributed by atoms with Gasteiger partial charge in [0.05, 0.1) is 5.60 Å². The second kappa shape index (κ2) is 6.36. The summed E-state index contributed by atoms with van der Waals surface area (Å²) in [5.74, 6) is -0.290. The summed E-state index contributed by atoms with van der Waals surface area (Å²) in [5.41, 5.74) is 0.941. The molecule has 0 saturated carbocycles. The fourth-order valence-corrected chi connectivity index (χ4v) is 3.22. The molecular weight excluding hydrogens is 305 g/mol. The van der Waals surface area contributed by atoms with Crippen molar-refractivity contribution in [1.29, 1.82) is 0 Å². The first-order valence-corrected chi connectivity index (χ1v) is 8.23. The summed E-state index contributed by atoms with van der Waals surface area (Å²) in [6.45, 7) is 4.75. The Balaban J connectivity index is 1.82. The lowest BCUT2D eigenvalue weighted by atomic mass is 9.90. The fraction of sp³-hybridized carbons (Fsp3) is 0.350. The standard InChI is InChI=1S/C20H22FNO2/c1-20(2,24)16-10-11-22(13-16)19(23)15-7-5-6-14(12-15)17-8-3-4-9-18(17)21/h3-9,12,16,24H,10-11,13H2,1-2H3. The van der Waals surface area contributed by atoms with Crippen LogP contribution in [0.4, 0.5) is 4.39 Å². The van der Waals surface area contributed by atoms with E-state index in [1.165, 1.54) is 6.07 Å². The average Bonchev–Trinajstić information content (AvgIpc) is 3.05. The van der Waals surface area contributed by atoms with Gasteiger partial charge >= 0.3 is 0 Å². The van der Waals surface area contributed by atoms with Gasteiger partial charge in [-0.05, 0) is 44.0 Å². The number of aliphatic hydroxyl groups is 1. The van der Waals surface area contributed by atoms with Gasteiger partial charge in [-0.2, -0.15) is 0 Å². The number of likely N-dealkylation sites (tertiary alicyclic amines) is 1. The minimum atomic E-state index is -0.788. The van der Waals surface area contributed by atoms with Crippen LogP contribution in [0.3, 0.4) is 0 Å². The summed E-state index contributed by atoms with van der Waals surface area (Å²) >= 11 is 0. The number of hydrogen-bond acceptors (Lipinski definition) is 2. The number of amides is 1. The summed E-state index contributed by atoms with van der Waals surface area (Å²) in [5, 5.41) is 10.1. The molecule has 1 atom stereocenters. The summed E-state index contributed by atoms with van der Waals surface area (Å²) < 4.78 is 14.0. The Labute approximate surface area is 141 Å². The van der Waals surface area contributed by atoms with Crippen LogP contribution >= 0.6 is 0 Å². The first-order chi connectivity index (χ1) is 11.4. The zero-order chi connectivity index (χ0) is 17.3. The van der Waals surface area contributed by atoms with Crippen molar-refractivity contribution in [2.45, 2.75) is 25.9 Å². The molecule has 0 bridgehead atoms. The van der Waals surface area contributed by atoms with E-state index in [1.54, 1.807) is 61.2 Å². The van der Waals surface area contributed by atoms with E-state index >= 15 is 0 Å². The second-order valence-corrected chi connectivity index (χ2v) is 6.95. The van der Waals surface area contributed by atoms with Gasteiger partial charge in [0.15, 0.2) is 0 Å². The van der Waals surface area contributed by atoms with E-state index in [0.717, 1.165) is 6.42 Å².